The molecule has 0 aromatic rings. The molecule has 21 heavy (non-hydrogen) atoms. The van der Waals surface area contributed by atoms with E-state index in [9.17, 15) is 4.79 Å². The Balaban J connectivity index is 4.78. The molecular weight excluding hydrogens is 288 g/mol. The van der Waals surface area contributed by atoms with Crippen LogP contribution in [0, 0.1) is 0 Å². The number of hydrogen-bond acceptors (Lipinski definition) is 5. The van der Waals surface area contributed by atoms with Gasteiger partial charge in [0.25, 0.3) is 0 Å². The molecule has 0 aromatic heterocycles. The average Bonchev–Trinajstić information content (AvgIpc) is 2.43. The molecule has 0 radical (unpaired) electrons. The second-order valence-corrected chi connectivity index (χ2v) is 7.60. The molecule has 0 aliphatic rings. The third-order valence-corrected chi connectivity index (χ3v) is 6.85. The molecule has 0 amide bonds. The molecule has 0 saturated heterocycles. The Hall–Kier alpha value is -0.693. The van der Waals surface area contributed by atoms with E-state index in [1.807, 2.05) is 20.8 Å². The standard InChI is InChI=1S/C15H30O5Si/c1-7-14(11-12-17-15(16)13(5)6)21(18-8-2,19-9-3)20-10-4/h14H,5,7-12H2,1-4,6H3. The van der Waals surface area contributed by atoms with Crippen molar-refractivity contribution in [2.75, 3.05) is 26.4 Å². The maximum absolute atomic E-state index is 11.4. The van der Waals surface area contributed by atoms with E-state index < -0.39 is 8.80 Å². The van der Waals surface area contributed by atoms with E-state index >= 15 is 0 Å². The molecule has 124 valence electrons. The van der Waals surface area contributed by atoms with Crippen molar-refractivity contribution in [3.63, 3.8) is 0 Å². The molecule has 6 heteroatoms. The van der Waals surface area contributed by atoms with Crippen molar-refractivity contribution >= 4 is 14.8 Å². The van der Waals surface area contributed by atoms with Crippen molar-refractivity contribution < 1.29 is 22.8 Å². The first-order valence-corrected chi connectivity index (χ1v) is 9.51. The minimum absolute atomic E-state index is 0.121. The van der Waals surface area contributed by atoms with Gasteiger partial charge >= 0.3 is 14.8 Å². The smallest absolute Gasteiger partial charge is 0.462 e. The van der Waals surface area contributed by atoms with Crippen LogP contribution in [0.2, 0.25) is 5.54 Å². The van der Waals surface area contributed by atoms with Crippen LogP contribution in [-0.2, 0) is 22.8 Å². The molecule has 0 aliphatic heterocycles. The summed E-state index contributed by atoms with van der Waals surface area (Å²) in [5.74, 6) is -0.360. The topological polar surface area (TPSA) is 54.0 Å². The minimum atomic E-state index is -2.74. The van der Waals surface area contributed by atoms with Crippen molar-refractivity contribution in [3.05, 3.63) is 12.2 Å². The van der Waals surface area contributed by atoms with E-state index in [1.54, 1.807) is 6.92 Å². The number of hydrogen-bond donors (Lipinski definition) is 0. The molecule has 0 heterocycles. The van der Waals surface area contributed by atoms with Crippen LogP contribution in [0.4, 0.5) is 0 Å². The fourth-order valence-corrected chi connectivity index (χ4v) is 5.27. The Morgan fingerprint density at radius 2 is 1.52 bits per heavy atom. The lowest BCUT2D eigenvalue weighted by Crippen LogP contribution is -2.50. The average molecular weight is 318 g/mol. The van der Waals surface area contributed by atoms with Crippen LogP contribution in [0.3, 0.4) is 0 Å². The second-order valence-electron chi connectivity index (χ2n) is 4.71. The van der Waals surface area contributed by atoms with E-state index in [1.165, 1.54) is 0 Å². The molecule has 0 bridgehead atoms. The predicted octanol–water partition coefficient (Wildman–Crippen LogP) is 3.32. The van der Waals surface area contributed by atoms with E-state index in [0.29, 0.717) is 38.4 Å². The molecule has 0 N–H and O–H groups in total. The Morgan fingerprint density at radius 1 is 1.05 bits per heavy atom. The van der Waals surface area contributed by atoms with Gasteiger partial charge in [0.05, 0.1) is 6.61 Å². The summed E-state index contributed by atoms with van der Waals surface area (Å²) in [4.78, 5) is 11.4. The first-order valence-electron chi connectivity index (χ1n) is 7.71. The zero-order valence-electron chi connectivity index (χ0n) is 14.1. The number of rotatable bonds is 12. The number of carbonyl (C=O) groups is 1. The summed E-state index contributed by atoms with van der Waals surface area (Å²) in [6.45, 7) is 15.1. The molecule has 0 aliphatic carbocycles. The SMILES string of the molecule is C=C(C)C(=O)OCCC(CC)[Si](OCC)(OCC)OCC. The van der Waals surface area contributed by atoms with Gasteiger partial charge in [-0.25, -0.2) is 4.79 Å². The van der Waals surface area contributed by atoms with Crippen molar-refractivity contribution in [1.82, 2.24) is 0 Å². The van der Waals surface area contributed by atoms with Gasteiger partial charge in [-0.3, -0.25) is 0 Å². The van der Waals surface area contributed by atoms with Gasteiger partial charge in [-0.2, -0.15) is 0 Å². The van der Waals surface area contributed by atoms with Crippen LogP contribution < -0.4 is 0 Å². The van der Waals surface area contributed by atoms with Gasteiger partial charge in [0.1, 0.15) is 0 Å². The Labute approximate surface area is 130 Å². The Kier molecular flexibility index (Phi) is 10.6. The van der Waals surface area contributed by atoms with Gasteiger partial charge < -0.3 is 18.0 Å². The summed E-state index contributed by atoms with van der Waals surface area (Å²) >= 11 is 0. The summed E-state index contributed by atoms with van der Waals surface area (Å²) in [7, 11) is -2.74. The molecule has 0 saturated carbocycles. The van der Waals surface area contributed by atoms with Gasteiger partial charge in [0.15, 0.2) is 0 Å². The van der Waals surface area contributed by atoms with Gasteiger partial charge in [0.2, 0.25) is 0 Å². The van der Waals surface area contributed by atoms with Gasteiger partial charge in [-0.15, -0.1) is 0 Å². The molecule has 0 fully saturated rings. The zero-order valence-corrected chi connectivity index (χ0v) is 15.1. The normalized spacial score (nSPS) is 13.0. The monoisotopic (exact) mass is 318 g/mol. The summed E-state index contributed by atoms with van der Waals surface area (Å²) in [5.41, 5.74) is 0.529. The summed E-state index contributed by atoms with van der Waals surface area (Å²) in [6, 6.07) is 0. The fraction of sp³-hybridized carbons (Fsp3) is 0.800. The Bertz CT molecular complexity index is 302. The van der Waals surface area contributed by atoms with E-state index in [-0.39, 0.29) is 11.5 Å². The largest absolute Gasteiger partial charge is 0.504 e. The van der Waals surface area contributed by atoms with E-state index in [2.05, 4.69) is 13.5 Å². The zero-order chi connectivity index (χ0) is 16.3. The second kappa shape index (κ2) is 11.0. The number of ether oxygens (including phenoxy) is 1. The predicted molar refractivity (Wildman–Crippen MR) is 85.1 cm³/mol. The van der Waals surface area contributed by atoms with Crippen molar-refractivity contribution in [3.8, 4) is 0 Å². The lowest BCUT2D eigenvalue weighted by atomic mass is 10.2. The molecule has 0 rings (SSSR count). The van der Waals surface area contributed by atoms with Crippen LogP contribution in [0.15, 0.2) is 12.2 Å². The highest BCUT2D eigenvalue weighted by molar-refractivity contribution is 6.62. The van der Waals surface area contributed by atoms with Crippen molar-refractivity contribution in [1.29, 1.82) is 0 Å². The Morgan fingerprint density at radius 3 is 1.86 bits per heavy atom. The van der Waals surface area contributed by atoms with Crippen LogP contribution >= 0.6 is 0 Å². The van der Waals surface area contributed by atoms with E-state index in [0.717, 1.165) is 6.42 Å². The lowest BCUT2D eigenvalue weighted by molar-refractivity contribution is -0.139. The third kappa shape index (κ3) is 6.73. The highest BCUT2D eigenvalue weighted by atomic mass is 28.4. The number of esters is 1. The van der Waals surface area contributed by atoms with Gasteiger partial charge in [-0.05, 0) is 40.5 Å². The first kappa shape index (κ1) is 20.3. The molecule has 5 nitrogen and oxygen atoms in total. The van der Waals surface area contributed by atoms with E-state index in [4.69, 9.17) is 18.0 Å². The molecule has 0 aromatic carbocycles. The minimum Gasteiger partial charge on any atom is -0.462 e. The highest BCUT2D eigenvalue weighted by Crippen LogP contribution is 2.32. The fourth-order valence-electron chi connectivity index (χ4n) is 2.13. The van der Waals surface area contributed by atoms with Crippen LogP contribution in [0.1, 0.15) is 47.5 Å². The third-order valence-electron chi connectivity index (χ3n) is 3.08. The first-order chi connectivity index (χ1) is 9.97. The lowest BCUT2D eigenvalue weighted by Gasteiger charge is -2.34. The molecule has 0 spiro atoms. The quantitative estimate of drug-likeness (QED) is 0.314. The highest BCUT2D eigenvalue weighted by Gasteiger charge is 2.48. The molecular formula is C15H30O5Si. The summed E-state index contributed by atoms with van der Waals surface area (Å²) in [5, 5.41) is 0. The number of carbonyl (C=O) groups excluding carboxylic acids is 1. The summed E-state index contributed by atoms with van der Waals surface area (Å²) in [6.07, 6.45) is 1.53. The van der Waals surface area contributed by atoms with Crippen LogP contribution in [0.5, 0.6) is 0 Å². The maximum Gasteiger partial charge on any atom is 0.504 e. The van der Waals surface area contributed by atoms with Gasteiger partial charge in [0, 0.05) is 30.9 Å². The van der Waals surface area contributed by atoms with Crippen LogP contribution in [0.25, 0.3) is 0 Å². The van der Waals surface area contributed by atoms with Gasteiger partial charge in [-0.1, -0.05) is 13.5 Å². The van der Waals surface area contributed by atoms with Crippen molar-refractivity contribution in [2.24, 2.45) is 0 Å². The molecule has 1 unspecified atom stereocenters. The van der Waals surface area contributed by atoms with Crippen molar-refractivity contribution in [2.45, 2.75) is 53.0 Å². The maximum atomic E-state index is 11.4. The molecule has 1 atom stereocenters. The van der Waals surface area contributed by atoms with Crippen LogP contribution in [-0.4, -0.2) is 41.2 Å². The summed E-state index contributed by atoms with van der Waals surface area (Å²) < 4.78 is 22.9.